The summed E-state index contributed by atoms with van der Waals surface area (Å²) in [4.78, 5) is 2.26. The number of likely N-dealkylation sites (N-methyl/N-ethyl adjacent to an activating group) is 1. The highest BCUT2D eigenvalue weighted by atomic mass is 16.5. The van der Waals surface area contributed by atoms with Crippen molar-refractivity contribution in [3.05, 3.63) is 0 Å². The van der Waals surface area contributed by atoms with Crippen molar-refractivity contribution in [2.24, 2.45) is 5.73 Å². The molecule has 0 heterocycles. The smallest absolute Gasteiger partial charge is 0.0753 e. The molecule has 0 aromatic rings. The largest absolute Gasteiger partial charge is 0.389 e. The summed E-state index contributed by atoms with van der Waals surface area (Å²) >= 11 is 0. The fraction of sp³-hybridized carbons (Fsp3) is 1.00. The first-order valence-electron chi connectivity index (χ1n) is 5.78. The molecule has 4 heteroatoms. The van der Waals surface area contributed by atoms with Gasteiger partial charge in [0.1, 0.15) is 0 Å². The van der Waals surface area contributed by atoms with Crippen molar-refractivity contribution in [2.45, 2.75) is 32.8 Å². The van der Waals surface area contributed by atoms with E-state index in [9.17, 15) is 5.11 Å². The van der Waals surface area contributed by atoms with E-state index in [1.165, 1.54) is 0 Å². The van der Waals surface area contributed by atoms with E-state index >= 15 is 0 Å². The molecular weight excluding hydrogens is 192 g/mol. The van der Waals surface area contributed by atoms with Crippen molar-refractivity contribution in [1.82, 2.24) is 4.90 Å². The lowest BCUT2D eigenvalue weighted by molar-refractivity contribution is 0.0427. The van der Waals surface area contributed by atoms with Crippen LogP contribution in [0.4, 0.5) is 0 Å². The second kappa shape index (κ2) is 8.05. The fourth-order valence-electron chi connectivity index (χ4n) is 1.27. The fourth-order valence-corrected chi connectivity index (χ4v) is 1.27. The van der Waals surface area contributed by atoms with Crippen LogP contribution in [0.25, 0.3) is 0 Å². The molecule has 4 nitrogen and oxygen atoms in total. The van der Waals surface area contributed by atoms with Crippen molar-refractivity contribution in [3.8, 4) is 0 Å². The van der Waals surface area contributed by atoms with Crippen molar-refractivity contribution < 1.29 is 9.84 Å². The van der Waals surface area contributed by atoms with Gasteiger partial charge >= 0.3 is 0 Å². The maximum absolute atomic E-state index is 9.76. The number of nitrogens with zero attached hydrogens (tertiary/aromatic N) is 1. The van der Waals surface area contributed by atoms with Gasteiger partial charge in [0, 0.05) is 26.2 Å². The van der Waals surface area contributed by atoms with Crippen LogP contribution in [0.2, 0.25) is 0 Å². The molecule has 0 aliphatic carbocycles. The molecular formula is C11H26N2O2. The van der Waals surface area contributed by atoms with Gasteiger partial charge in [0.2, 0.25) is 0 Å². The molecule has 0 spiro atoms. The third-order valence-electron chi connectivity index (χ3n) is 2.61. The molecule has 0 saturated carbocycles. The number of aliphatic hydroxyl groups is 1. The molecule has 3 N–H and O–H groups in total. The predicted molar refractivity (Wildman–Crippen MR) is 62.9 cm³/mol. The van der Waals surface area contributed by atoms with Gasteiger partial charge in [-0.15, -0.1) is 0 Å². The Bertz CT molecular complexity index is 152. The molecule has 1 atom stereocenters. The minimum absolute atomic E-state index is 0.315. The zero-order valence-corrected chi connectivity index (χ0v) is 10.3. The van der Waals surface area contributed by atoms with Crippen molar-refractivity contribution in [3.63, 3.8) is 0 Å². The number of nitrogens with two attached hydrogens (primary N) is 1. The van der Waals surface area contributed by atoms with Gasteiger partial charge in [-0.3, -0.25) is 0 Å². The molecule has 0 fully saturated rings. The summed E-state index contributed by atoms with van der Waals surface area (Å²) in [6, 6.07) is 0. The third kappa shape index (κ3) is 7.73. The lowest BCUT2D eigenvalue weighted by Crippen LogP contribution is -2.39. The van der Waals surface area contributed by atoms with Gasteiger partial charge in [-0.1, -0.05) is 6.92 Å². The molecule has 0 radical (unpaired) electrons. The Hall–Kier alpha value is -0.160. The van der Waals surface area contributed by atoms with Crippen molar-refractivity contribution in [1.29, 1.82) is 0 Å². The molecule has 0 rings (SSSR count). The Kier molecular flexibility index (Phi) is 7.96. The van der Waals surface area contributed by atoms with E-state index < -0.39 is 5.60 Å². The first kappa shape index (κ1) is 14.8. The molecule has 0 aromatic carbocycles. The first-order valence-corrected chi connectivity index (χ1v) is 5.78. The van der Waals surface area contributed by atoms with Crippen LogP contribution in [0.3, 0.4) is 0 Å². The normalized spacial score (nSPS) is 15.6. The van der Waals surface area contributed by atoms with Crippen LogP contribution in [0.1, 0.15) is 27.2 Å². The Balaban J connectivity index is 3.69. The van der Waals surface area contributed by atoms with E-state index in [0.29, 0.717) is 13.0 Å². The van der Waals surface area contributed by atoms with E-state index in [1.807, 2.05) is 6.92 Å². The molecule has 0 amide bonds. The number of hydrogen-bond donors (Lipinski definition) is 2. The first-order chi connectivity index (χ1) is 7.05. The minimum Gasteiger partial charge on any atom is -0.389 e. The van der Waals surface area contributed by atoms with Crippen LogP contribution in [0.5, 0.6) is 0 Å². The maximum atomic E-state index is 9.76. The van der Waals surface area contributed by atoms with Gasteiger partial charge in [-0.05, 0) is 26.8 Å². The Morgan fingerprint density at radius 1 is 1.33 bits per heavy atom. The van der Waals surface area contributed by atoms with Gasteiger partial charge in [0.05, 0.1) is 12.2 Å². The van der Waals surface area contributed by atoms with Crippen molar-refractivity contribution >= 4 is 0 Å². The topological polar surface area (TPSA) is 58.7 Å². The summed E-state index contributed by atoms with van der Waals surface area (Å²) in [5, 5.41) is 9.76. The Labute approximate surface area is 93.4 Å². The van der Waals surface area contributed by atoms with Gasteiger partial charge in [0.15, 0.2) is 0 Å². The number of hydrogen-bond acceptors (Lipinski definition) is 4. The third-order valence-corrected chi connectivity index (χ3v) is 2.61. The number of rotatable bonds is 9. The second-order valence-electron chi connectivity index (χ2n) is 4.08. The van der Waals surface area contributed by atoms with Crippen LogP contribution >= 0.6 is 0 Å². The van der Waals surface area contributed by atoms with E-state index in [1.54, 1.807) is 6.92 Å². The summed E-state index contributed by atoms with van der Waals surface area (Å²) in [6.45, 7) is 10.5. The van der Waals surface area contributed by atoms with E-state index in [2.05, 4.69) is 11.8 Å². The summed E-state index contributed by atoms with van der Waals surface area (Å²) < 4.78 is 5.30. The Morgan fingerprint density at radius 2 is 2.00 bits per heavy atom. The average molecular weight is 218 g/mol. The molecule has 0 bridgehead atoms. The average Bonchev–Trinajstić information content (AvgIpc) is 2.23. The zero-order valence-electron chi connectivity index (χ0n) is 10.3. The molecule has 0 aromatic heterocycles. The quantitative estimate of drug-likeness (QED) is 0.552. The molecule has 15 heavy (non-hydrogen) atoms. The molecule has 92 valence electrons. The number of ether oxygens (including phenoxy) is 1. The van der Waals surface area contributed by atoms with Crippen LogP contribution < -0.4 is 5.73 Å². The predicted octanol–water partition coefficient (Wildman–Crippen LogP) is 0.445. The van der Waals surface area contributed by atoms with Crippen molar-refractivity contribution in [2.75, 3.05) is 39.4 Å². The van der Waals surface area contributed by atoms with Crippen LogP contribution in [0.15, 0.2) is 0 Å². The zero-order chi connectivity index (χ0) is 11.7. The minimum atomic E-state index is -0.737. The summed E-state index contributed by atoms with van der Waals surface area (Å²) in [5.41, 5.74) is 4.73. The van der Waals surface area contributed by atoms with Crippen LogP contribution in [-0.2, 0) is 4.74 Å². The van der Waals surface area contributed by atoms with Crippen LogP contribution in [-0.4, -0.2) is 55.0 Å². The highest BCUT2D eigenvalue weighted by Gasteiger charge is 2.18. The maximum Gasteiger partial charge on any atom is 0.0753 e. The van der Waals surface area contributed by atoms with Crippen LogP contribution in [0, 0.1) is 0 Å². The van der Waals surface area contributed by atoms with E-state index in [-0.39, 0.29) is 0 Å². The molecule has 1 unspecified atom stereocenters. The lowest BCUT2D eigenvalue weighted by atomic mass is 10.0. The Morgan fingerprint density at radius 3 is 2.47 bits per heavy atom. The molecule has 0 saturated heterocycles. The molecule has 0 aliphatic rings. The summed E-state index contributed by atoms with van der Waals surface area (Å²) in [7, 11) is 0. The highest BCUT2D eigenvalue weighted by Crippen LogP contribution is 2.07. The SMILES string of the molecule is CCOCCN(CC)CCC(C)(O)CN. The lowest BCUT2D eigenvalue weighted by Gasteiger charge is -2.26. The van der Waals surface area contributed by atoms with Gasteiger partial charge < -0.3 is 20.5 Å². The standard InChI is InChI=1S/C11H26N2O2/c1-4-13(8-9-15-5-2)7-6-11(3,14)10-12/h14H,4-10,12H2,1-3H3. The van der Waals surface area contributed by atoms with Gasteiger partial charge in [0.25, 0.3) is 0 Å². The van der Waals surface area contributed by atoms with E-state index in [4.69, 9.17) is 10.5 Å². The van der Waals surface area contributed by atoms with Gasteiger partial charge in [-0.25, -0.2) is 0 Å². The van der Waals surface area contributed by atoms with E-state index in [0.717, 1.165) is 32.8 Å². The highest BCUT2D eigenvalue weighted by molar-refractivity contribution is 4.74. The summed E-state index contributed by atoms with van der Waals surface area (Å²) in [6.07, 6.45) is 0.712. The summed E-state index contributed by atoms with van der Waals surface area (Å²) in [5.74, 6) is 0. The van der Waals surface area contributed by atoms with Gasteiger partial charge in [-0.2, -0.15) is 0 Å². The monoisotopic (exact) mass is 218 g/mol. The second-order valence-corrected chi connectivity index (χ2v) is 4.08. The molecule has 0 aliphatic heterocycles.